The van der Waals surface area contributed by atoms with Gasteiger partial charge in [0.15, 0.2) is 0 Å². The van der Waals surface area contributed by atoms with Crippen molar-refractivity contribution in [2.24, 2.45) is 5.92 Å². The van der Waals surface area contributed by atoms with E-state index in [1.807, 2.05) is 27.3 Å². The largest absolute Gasteiger partial charge is 0.383 e. The number of methoxy groups -OCH3 is 2. The van der Waals surface area contributed by atoms with Crippen molar-refractivity contribution in [2.75, 3.05) is 77.9 Å². The highest BCUT2D eigenvalue weighted by molar-refractivity contribution is 9.10. The minimum atomic E-state index is -0.0609. The number of benzene rings is 12. The van der Waals surface area contributed by atoms with Gasteiger partial charge in [-0.05, 0) is 211 Å². The third-order valence-electron chi connectivity index (χ3n) is 25.0. The lowest BCUT2D eigenvalue weighted by atomic mass is 10.0. The number of hydrogen-bond donors (Lipinski definition) is 4. The summed E-state index contributed by atoms with van der Waals surface area (Å²) in [5, 5.41) is 37.9. The van der Waals surface area contributed by atoms with Gasteiger partial charge in [-0.3, -0.25) is 21.6 Å². The molecule has 1 aliphatic carbocycles. The van der Waals surface area contributed by atoms with E-state index >= 15 is 0 Å². The van der Waals surface area contributed by atoms with Crippen LogP contribution in [0.3, 0.4) is 0 Å². The molecule has 1 unspecified atom stereocenters. The molecule has 16 aromatic rings. The summed E-state index contributed by atoms with van der Waals surface area (Å²) in [4.78, 5) is 0. The number of halogens is 3. The Labute approximate surface area is 804 Å². The standard InChI is InChI=1S/C31H37N3OS.C28H33N3OS.C26H28BrN3O.C26H27Cl2N3O/c1-22-8-12-24(13-9-22)20-27(21-35-18-19-36-3)33-28-6-4-5-7-29(28)34(31(33)32)30(26-16-17-26)25-14-10-23(2)11-15-25;1-21-8-12-23(13-9-21)18-25(20-32-16-17-33-3)31-27-7-5-4-6-26(27)30(28(31)29)19-24-14-10-22(2)11-15-24;1-18-4-8-20(9-5-18)14-23(17-31-3)30-25-15-22(27)12-13-24(25)29(26(30)28)16-21-10-6-19(2)7-11-21;1-17-4-8-19(9-5-17)12-21(16-32-3)31-25-14-23(28)22(27)13-24(25)30(26(31)29)15-20-10-6-18(2)7-11-20/h4-15,26-27,30,32H,16-21H2,1-3H3;4-15,25,29H,16-20H2,1-3H3;4-13,15,23,28H,14,16-17H2,1-3H3;4-11,13-14,21,29H,12,15-16H2,1-3H3/t27-,30?;25-;23-;21-/m0000/s1. The molecule has 0 spiro atoms. The number of aromatic nitrogens is 8. The summed E-state index contributed by atoms with van der Waals surface area (Å²) in [7, 11) is 3.43. The molecule has 1 saturated carbocycles. The Bertz CT molecular complexity index is 6750. The first-order chi connectivity index (χ1) is 63.9. The van der Waals surface area contributed by atoms with Crippen molar-refractivity contribution in [3.8, 4) is 0 Å². The zero-order chi connectivity index (χ0) is 93.1. The van der Waals surface area contributed by atoms with E-state index in [0.717, 1.165) is 105 Å². The summed E-state index contributed by atoms with van der Waals surface area (Å²) in [5.74, 6) is 2.54. The average Bonchev–Trinajstić information content (AvgIpc) is 1.57. The predicted molar refractivity (Wildman–Crippen MR) is 552 cm³/mol. The maximum atomic E-state index is 9.53. The molecule has 5 atom stereocenters. The minimum Gasteiger partial charge on any atom is -0.383 e. The predicted octanol–water partition coefficient (Wildman–Crippen LogP) is 24.6. The van der Waals surface area contributed by atoms with E-state index < -0.39 is 0 Å². The number of nitrogens with one attached hydrogen (secondary N) is 4. The van der Waals surface area contributed by atoms with Crippen molar-refractivity contribution in [1.82, 2.24) is 36.5 Å². The molecular weight excluding hydrogens is 1780 g/mol. The fraction of sp³-hybridized carbons (Fsp3) is 0.315. The van der Waals surface area contributed by atoms with Crippen LogP contribution in [0.4, 0.5) is 0 Å². The first-order valence-electron chi connectivity index (χ1n) is 45.6. The maximum Gasteiger partial charge on any atom is 0.203 e. The van der Waals surface area contributed by atoms with Crippen molar-refractivity contribution in [3.05, 3.63) is 399 Å². The SMILES string of the molecule is COC[C@H](Cc1ccc(C)cc1)n1c(=N)n(Cc2ccc(C)cc2)c2cc(Cl)c(Cl)cc21.COC[C@H](Cc1ccc(C)cc1)n1c(=N)n(Cc2ccc(C)cc2)c2ccc(Br)cc21.CSCCOC[C@H](Cc1ccc(C)cc1)n1c(=N)n(C(c2ccc(C)cc2)C2CC2)c2ccccc21.CSCCOC[C@H](Cc1ccc(C)cc1)n1c(=N)n(Cc2ccc(C)cc2)c2ccccc21. The van der Waals surface area contributed by atoms with E-state index in [9.17, 15) is 10.8 Å². The fourth-order valence-electron chi connectivity index (χ4n) is 17.7. The van der Waals surface area contributed by atoms with Gasteiger partial charge in [0.05, 0.1) is 144 Å². The van der Waals surface area contributed by atoms with Gasteiger partial charge in [0, 0.05) is 30.2 Å². The molecule has 1 fully saturated rings. The number of ether oxygens (including phenoxy) is 4. The number of aryl methyl sites for hydroxylation is 8. The molecule has 12 aromatic carbocycles. The maximum absolute atomic E-state index is 9.53. The van der Waals surface area contributed by atoms with Gasteiger partial charge in [0.25, 0.3) is 0 Å². The van der Waals surface area contributed by atoms with Crippen LogP contribution in [0, 0.1) is 82.9 Å². The Morgan fingerprint density at radius 1 is 0.326 bits per heavy atom. The number of thioether (sulfide) groups is 2. The fourth-order valence-corrected chi connectivity index (χ4v) is 18.9. The number of hydrogen-bond acceptors (Lipinski definition) is 10. The van der Waals surface area contributed by atoms with E-state index in [4.69, 9.17) is 53.0 Å². The highest BCUT2D eigenvalue weighted by Crippen LogP contribution is 2.45. The molecule has 0 amide bonds. The van der Waals surface area contributed by atoms with Gasteiger partial charge < -0.3 is 55.5 Å². The first kappa shape index (κ1) is 97.3. The second-order valence-electron chi connectivity index (χ2n) is 35.3. The molecule has 0 aliphatic heterocycles. The molecule has 4 heterocycles. The molecule has 1 aliphatic rings. The first-order valence-corrected chi connectivity index (χ1v) is 50.0. The summed E-state index contributed by atoms with van der Waals surface area (Å²) < 4.78 is 41.5. The Morgan fingerprint density at radius 2 is 0.606 bits per heavy atom. The quantitative estimate of drug-likeness (QED) is 0.0288. The smallest absolute Gasteiger partial charge is 0.203 e. The molecule has 0 radical (unpaired) electrons. The number of imidazole rings is 4. The van der Waals surface area contributed by atoms with Gasteiger partial charge in [-0.25, -0.2) is 0 Å². The van der Waals surface area contributed by atoms with Crippen LogP contribution in [-0.2, 0) is 64.3 Å². The lowest BCUT2D eigenvalue weighted by molar-refractivity contribution is 0.114. The zero-order valence-corrected chi connectivity index (χ0v) is 82.9. The third-order valence-corrected chi connectivity index (χ3v) is 27.3. The van der Waals surface area contributed by atoms with E-state index in [-0.39, 0.29) is 30.2 Å². The average molecular weight is 1910 g/mol. The van der Waals surface area contributed by atoms with Gasteiger partial charge >= 0.3 is 0 Å². The topological polar surface area (TPSA) is 172 Å². The number of fused-ring (bicyclic) bond motifs is 4. The lowest BCUT2D eigenvalue weighted by Gasteiger charge is -2.22. The molecule has 686 valence electrons. The highest BCUT2D eigenvalue weighted by Gasteiger charge is 2.37. The highest BCUT2D eigenvalue weighted by atomic mass is 79.9. The van der Waals surface area contributed by atoms with Crippen molar-refractivity contribution in [2.45, 2.75) is 144 Å². The van der Waals surface area contributed by atoms with Crippen LogP contribution < -0.4 is 22.5 Å². The summed E-state index contributed by atoms with van der Waals surface area (Å²) in [6.45, 7) is 22.4. The van der Waals surface area contributed by atoms with Crippen LogP contribution in [-0.4, -0.2) is 114 Å². The van der Waals surface area contributed by atoms with Crippen LogP contribution in [0.1, 0.15) is 132 Å². The molecule has 0 bridgehead atoms. The van der Waals surface area contributed by atoms with E-state index in [2.05, 4.69) is 366 Å². The minimum absolute atomic E-state index is 0.0243. The summed E-state index contributed by atoms with van der Waals surface area (Å²) in [6, 6.07) is 96.2. The van der Waals surface area contributed by atoms with Crippen LogP contribution in [0.5, 0.6) is 0 Å². The molecule has 4 N–H and O–H groups in total. The molecule has 21 heteroatoms. The summed E-state index contributed by atoms with van der Waals surface area (Å²) >= 11 is 20.0. The van der Waals surface area contributed by atoms with E-state index in [0.29, 0.717) is 84.5 Å². The van der Waals surface area contributed by atoms with Gasteiger partial charge in [-0.15, -0.1) is 0 Å². The van der Waals surface area contributed by atoms with Crippen LogP contribution >= 0.6 is 62.7 Å². The van der Waals surface area contributed by atoms with Crippen molar-refractivity contribution < 1.29 is 18.9 Å². The Hall–Kier alpha value is -10.7. The van der Waals surface area contributed by atoms with Crippen molar-refractivity contribution >= 4 is 107 Å². The molecule has 132 heavy (non-hydrogen) atoms. The van der Waals surface area contributed by atoms with E-state index in [1.165, 1.54) is 96.3 Å². The monoisotopic (exact) mass is 1900 g/mol. The van der Waals surface area contributed by atoms with Gasteiger partial charge in [-0.2, -0.15) is 23.5 Å². The third kappa shape index (κ3) is 24.5. The van der Waals surface area contributed by atoms with Crippen LogP contribution in [0.25, 0.3) is 44.1 Å². The molecule has 4 aromatic heterocycles. The number of para-hydroxylation sites is 4. The van der Waals surface area contributed by atoms with Crippen LogP contribution in [0.2, 0.25) is 10.0 Å². The summed E-state index contributed by atoms with van der Waals surface area (Å²) in [6.07, 6.45) is 9.86. The van der Waals surface area contributed by atoms with Crippen LogP contribution in [0.15, 0.2) is 277 Å². The normalized spacial score (nSPS) is 13.2. The molecule has 16 nitrogen and oxygen atoms in total. The Kier molecular flexibility index (Phi) is 34.2. The summed E-state index contributed by atoms with van der Waals surface area (Å²) in [5.41, 5.74) is 30.0. The molecular formula is C111H125BrCl2N12O4S2. The Balaban J connectivity index is 0.000000142. The molecule has 17 rings (SSSR count). The Morgan fingerprint density at radius 3 is 0.955 bits per heavy atom. The second-order valence-corrected chi connectivity index (χ2v) is 39.0. The zero-order valence-electron chi connectivity index (χ0n) is 78.1. The van der Waals surface area contributed by atoms with Gasteiger partial charge in [0.2, 0.25) is 22.5 Å². The number of rotatable bonds is 35. The lowest BCUT2D eigenvalue weighted by Crippen LogP contribution is -2.33. The van der Waals surface area contributed by atoms with Crippen molar-refractivity contribution in [1.29, 1.82) is 21.6 Å². The van der Waals surface area contributed by atoms with Gasteiger partial charge in [0.1, 0.15) is 0 Å². The van der Waals surface area contributed by atoms with Gasteiger partial charge in [-0.1, -0.05) is 302 Å². The van der Waals surface area contributed by atoms with E-state index in [1.54, 1.807) is 37.7 Å². The molecule has 0 saturated heterocycles. The number of nitrogens with zero attached hydrogens (tertiary/aromatic N) is 8. The second kappa shape index (κ2) is 46.3. The van der Waals surface area contributed by atoms with Crippen molar-refractivity contribution in [3.63, 3.8) is 0 Å².